The number of likely N-dealkylation sites (N-methyl/N-ethyl adjacent to an activating group) is 1. The fourth-order valence-corrected chi connectivity index (χ4v) is 5.05. The molecule has 1 aromatic carbocycles. The summed E-state index contributed by atoms with van der Waals surface area (Å²) in [6.07, 6.45) is 3.25. The van der Waals surface area contributed by atoms with E-state index in [4.69, 9.17) is 4.74 Å². The number of hydrogen-bond acceptors (Lipinski definition) is 4. The Morgan fingerprint density at radius 1 is 1.24 bits per heavy atom. The van der Waals surface area contributed by atoms with Gasteiger partial charge in [-0.05, 0) is 49.8 Å². The lowest BCUT2D eigenvalue weighted by Gasteiger charge is -2.33. The molecule has 1 saturated heterocycles. The van der Waals surface area contributed by atoms with Crippen LogP contribution < -0.4 is 4.90 Å². The monoisotopic (exact) mass is 471 g/mol. The molecule has 3 heterocycles. The largest absolute Gasteiger partial charge is 0.379 e. The number of carbonyl (C=O) groups is 1. The highest BCUT2D eigenvalue weighted by atomic mass is 35.5. The number of H-pyrrole nitrogens is 2. The Morgan fingerprint density at radius 3 is 2.76 bits per heavy atom. The van der Waals surface area contributed by atoms with Crippen LogP contribution in [-0.4, -0.2) is 65.4 Å². The zero-order valence-corrected chi connectivity index (χ0v) is 20.7. The molecule has 178 valence electrons. The Hall–Kier alpha value is -2.35. The van der Waals surface area contributed by atoms with Gasteiger partial charge < -0.3 is 14.6 Å². The number of benzene rings is 1. The maximum Gasteiger partial charge on any atom is 0.243 e. The van der Waals surface area contributed by atoms with Crippen molar-refractivity contribution < 1.29 is 9.53 Å². The van der Waals surface area contributed by atoms with Gasteiger partial charge in [0.1, 0.15) is 5.69 Å². The second-order valence-electron chi connectivity index (χ2n) is 10.0. The highest BCUT2D eigenvalue weighted by molar-refractivity contribution is 5.98. The lowest BCUT2D eigenvalue weighted by atomic mass is 9.76. The van der Waals surface area contributed by atoms with Crippen LogP contribution in [-0.2, 0) is 22.4 Å². The first-order valence-corrected chi connectivity index (χ1v) is 11.6. The van der Waals surface area contributed by atoms with Crippen LogP contribution in [0.3, 0.4) is 0 Å². The van der Waals surface area contributed by atoms with Crippen molar-refractivity contribution in [3.63, 3.8) is 0 Å². The highest BCUT2D eigenvalue weighted by Crippen LogP contribution is 2.38. The van der Waals surface area contributed by atoms with Crippen molar-refractivity contribution in [1.82, 2.24) is 20.1 Å². The molecule has 2 aromatic heterocycles. The van der Waals surface area contributed by atoms with Crippen molar-refractivity contribution >= 4 is 34.9 Å². The molecule has 2 N–H and O–H groups in total. The van der Waals surface area contributed by atoms with Gasteiger partial charge in [-0.25, -0.2) is 0 Å². The topological polar surface area (TPSA) is 77.2 Å². The maximum atomic E-state index is 13.1. The van der Waals surface area contributed by atoms with Crippen molar-refractivity contribution in [2.24, 2.45) is 5.41 Å². The fraction of sp³-hybridized carbons (Fsp3) is 0.520. The number of aromatic amines is 2. The third-order valence-electron chi connectivity index (χ3n) is 7.19. The van der Waals surface area contributed by atoms with E-state index in [0.29, 0.717) is 18.6 Å². The number of ether oxygens (including phenoxy) is 1. The van der Waals surface area contributed by atoms with Crippen molar-refractivity contribution in [2.75, 3.05) is 38.3 Å². The van der Waals surface area contributed by atoms with E-state index in [0.717, 1.165) is 53.9 Å². The molecule has 7 nitrogen and oxygen atoms in total. The number of nitrogens with zero attached hydrogens (tertiary/aromatic N) is 3. The molecule has 8 heteroatoms. The molecule has 0 bridgehead atoms. The summed E-state index contributed by atoms with van der Waals surface area (Å²) in [6, 6.07) is 8.15. The van der Waals surface area contributed by atoms with E-state index < -0.39 is 0 Å². The molecule has 1 amide bonds. The molecule has 1 atom stereocenters. The Balaban J connectivity index is 0.00000259. The van der Waals surface area contributed by atoms with Gasteiger partial charge in [0.25, 0.3) is 0 Å². The summed E-state index contributed by atoms with van der Waals surface area (Å²) in [7, 11) is 1.86. The number of anilines is 1. The van der Waals surface area contributed by atoms with Gasteiger partial charge in [0, 0.05) is 48.0 Å². The third kappa shape index (κ3) is 4.54. The van der Waals surface area contributed by atoms with E-state index in [1.54, 1.807) is 4.90 Å². The smallest absolute Gasteiger partial charge is 0.243 e. The van der Waals surface area contributed by atoms with Gasteiger partial charge in [-0.1, -0.05) is 19.9 Å². The Morgan fingerprint density at radius 2 is 2.00 bits per heavy atom. The number of fused-ring (bicyclic) bond motifs is 2. The molecule has 2 aliphatic rings. The Bertz CT molecular complexity index is 1150. The number of amides is 1. The summed E-state index contributed by atoms with van der Waals surface area (Å²) in [4.78, 5) is 20.6. The van der Waals surface area contributed by atoms with Crippen LogP contribution in [0.15, 0.2) is 24.3 Å². The zero-order valence-electron chi connectivity index (χ0n) is 19.9. The quantitative estimate of drug-likeness (QED) is 0.598. The average molecular weight is 472 g/mol. The molecular weight excluding hydrogens is 438 g/mol. The van der Waals surface area contributed by atoms with Crippen molar-refractivity contribution in [3.8, 4) is 11.4 Å². The highest BCUT2D eigenvalue weighted by Gasteiger charge is 2.30. The molecule has 1 aliphatic heterocycles. The van der Waals surface area contributed by atoms with Crippen LogP contribution >= 0.6 is 12.4 Å². The molecular formula is C25H34ClN5O2. The van der Waals surface area contributed by atoms with E-state index in [9.17, 15) is 4.79 Å². The van der Waals surface area contributed by atoms with Crippen LogP contribution in [0, 0.1) is 5.41 Å². The van der Waals surface area contributed by atoms with Crippen LogP contribution in [0.2, 0.25) is 0 Å². The van der Waals surface area contributed by atoms with E-state index in [1.807, 2.05) is 20.0 Å². The normalized spacial score (nSPS) is 19.0. The molecule has 0 unspecified atom stereocenters. The number of aromatic nitrogens is 3. The van der Waals surface area contributed by atoms with E-state index in [-0.39, 0.29) is 24.4 Å². The summed E-state index contributed by atoms with van der Waals surface area (Å²) < 4.78 is 5.42. The van der Waals surface area contributed by atoms with Crippen LogP contribution in [0.4, 0.5) is 5.69 Å². The summed E-state index contributed by atoms with van der Waals surface area (Å²) in [5.41, 5.74) is 6.89. The molecule has 0 radical (unpaired) electrons. The Kier molecular flexibility index (Phi) is 6.58. The number of morpholine rings is 1. The number of nitrogens with one attached hydrogen (secondary N) is 2. The molecule has 1 aliphatic carbocycles. The minimum absolute atomic E-state index is 0. The lowest BCUT2D eigenvalue weighted by Crippen LogP contribution is -2.50. The first kappa shape index (κ1) is 23.8. The van der Waals surface area contributed by atoms with Gasteiger partial charge in [0.15, 0.2) is 0 Å². The fourth-order valence-electron chi connectivity index (χ4n) is 5.05. The van der Waals surface area contributed by atoms with E-state index in [1.165, 1.54) is 17.7 Å². The second kappa shape index (κ2) is 9.12. The lowest BCUT2D eigenvalue weighted by molar-refractivity contribution is -0.124. The molecule has 1 fully saturated rings. The molecule has 33 heavy (non-hydrogen) atoms. The minimum Gasteiger partial charge on any atom is -0.379 e. The zero-order chi connectivity index (χ0) is 22.5. The number of halogens is 1. The second-order valence-corrected chi connectivity index (χ2v) is 10.0. The van der Waals surface area contributed by atoms with E-state index in [2.05, 4.69) is 52.1 Å². The summed E-state index contributed by atoms with van der Waals surface area (Å²) in [5.74, 6) is 0.0991. The summed E-state index contributed by atoms with van der Waals surface area (Å²) >= 11 is 0. The number of hydrogen-bond donors (Lipinski definition) is 2. The number of rotatable bonds is 4. The molecule has 0 spiro atoms. The van der Waals surface area contributed by atoms with E-state index >= 15 is 0 Å². The van der Waals surface area contributed by atoms with Crippen LogP contribution in [0.5, 0.6) is 0 Å². The number of carbonyl (C=O) groups excluding carboxylic acids is 1. The summed E-state index contributed by atoms with van der Waals surface area (Å²) in [6.45, 7) is 9.59. The van der Waals surface area contributed by atoms with Gasteiger partial charge in [0.05, 0.1) is 24.9 Å². The minimum atomic E-state index is -0.168. The van der Waals surface area contributed by atoms with Gasteiger partial charge in [-0.15, -0.1) is 12.4 Å². The first-order valence-electron chi connectivity index (χ1n) is 11.6. The Labute approximate surface area is 201 Å². The third-order valence-corrected chi connectivity index (χ3v) is 7.19. The van der Waals surface area contributed by atoms with Crippen LogP contribution in [0.1, 0.15) is 38.4 Å². The standard InChI is InChI=1S/C25H33N5O2.ClH/c1-16(30-9-11-32-12-10-30)24(31)29(4)18-6-5-17-13-21(26-20(17)14-18)23-19-7-8-25(2,3)15-22(19)27-28-23;/h5-6,13-14,16,26H,7-12,15H2,1-4H3,(H,27,28);1H/t16-;/m0./s1. The van der Waals surface area contributed by atoms with Gasteiger partial charge >= 0.3 is 0 Å². The van der Waals surface area contributed by atoms with Gasteiger partial charge in [-0.3, -0.25) is 14.8 Å². The predicted octanol–water partition coefficient (Wildman–Crippen LogP) is 4.18. The summed E-state index contributed by atoms with van der Waals surface area (Å²) in [5, 5.41) is 9.05. The van der Waals surface area contributed by atoms with Gasteiger partial charge in [0.2, 0.25) is 5.91 Å². The first-order chi connectivity index (χ1) is 15.3. The molecule has 0 saturated carbocycles. The average Bonchev–Trinajstić information content (AvgIpc) is 3.40. The van der Waals surface area contributed by atoms with Crippen LogP contribution in [0.25, 0.3) is 22.3 Å². The van der Waals surface area contributed by atoms with Gasteiger partial charge in [-0.2, -0.15) is 5.10 Å². The molecule has 3 aromatic rings. The molecule has 5 rings (SSSR count). The van der Waals surface area contributed by atoms with Crippen molar-refractivity contribution in [2.45, 2.75) is 46.1 Å². The maximum absolute atomic E-state index is 13.1. The SMILES string of the molecule is C[C@@H](C(=O)N(C)c1ccc2cc(-c3n[nH]c4c3CCC(C)(C)C4)[nH]c2c1)N1CCOCC1.Cl. The predicted molar refractivity (Wildman–Crippen MR) is 134 cm³/mol. The van der Waals surface area contributed by atoms with Crippen molar-refractivity contribution in [3.05, 3.63) is 35.5 Å². The van der Waals surface area contributed by atoms with Crippen molar-refractivity contribution in [1.29, 1.82) is 0 Å².